The quantitative estimate of drug-likeness (QED) is 0.832. The first-order chi connectivity index (χ1) is 12.1. The molecule has 2 amide bonds. The average molecular weight is 340 g/mol. The van der Waals surface area contributed by atoms with Gasteiger partial charge in [0, 0.05) is 0 Å². The van der Waals surface area contributed by atoms with Crippen LogP contribution in [0.4, 0.5) is 11.4 Å². The zero-order chi connectivity index (χ0) is 17.8. The van der Waals surface area contributed by atoms with E-state index in [1.165, 1.54) is 7.11 Å². The summed E-state index contributed by atoms with van der Waals surface area (Å²) in [6, 6.07) is 13.5. The first-order valence-electron chi connectivity index (χ1n) is 7.62. The van der Waals surface area contributed by atoms with E-state index in [9.17, 15) is 14.4 Å². The molecule has 0 fully saturated rings. The third-order valence-corrected chi connectivity index (χ3v) is 3.68. The molecule has 0 bridgehead atoms. The van der Waals surface area contributed by atoms with Crippen LogP contribution in [0.15, 0.2) is 48.5 Å². The van der Waals surface area contributed by atoms with Gasteiger partial charge in [-0.05, 0) is 24.3 Å². The maximum Gasteiger partial charge on any atom is 0.339 e. The Labute approximate surface area is 143 Å². The lowest BCUT2D eigenvalue weighted by Gasteiger charge is -2.25. The number of anilines is 2. The molecule has 2 N–H and O–H groups in total. The predicted octanol–water partition coefficient (Wildman–Crippen LogP) is 2.20. The Hall–Kier alpha value is -3.35. The lowest BCUT2D eigenvalue weighted by molar-refractivity contribution is -0.128. The van der Waals surface area contributed by atoms with Crippen molar-refractivity contribution in [2.75, 3.05) is 17.7 Å². The molecule has 0 radical (unpaired) electrons. The number of methoxy groups -OCH3 is 1. The van der Waals surface area contributed by atoms with E-state index in [4.69, 9.17) is 4.74 Å². The molecule has 1 aliphatic rings. The smallest absolute Gasteiger partial charge is 0.339 e. The Bertz CT molecular complexity index is 834. The van der Waals surface area contributed by atoms with Gasteiger partial charge in [0.15, 0.2) is 6.10 Å². The highest BCUT2D eigenvalue weighted by molar-refractivity contribution is 6.04. The van der Waals surface area contributed by atoms with Crippen LogP contribution in [0.25, 0.3) is 0 Å². The number of hydrogen-bond acceptors (Lipinski definition) is 5. The van der Waals surface area contributed by atoms with Crippen LogP contribution in [-0.2, 0) is 14.3 Å². The van der Waals surface area contributed by atoms with E-state index >= 15 is 0 Å². The summed E-state index contributed by atoms with van der Waals surface area (Å²) in [5.41, 5.74) is 1.12. The normalized spacial score (nSPS) is 15.4. The van der Waals surface area contributed by atoms with E-state index in [0.717, 1.165) is 0 Å². The van der Waals surface area contributed by atoms with Crippen LogP contribution in [0, 0.1) is 0 Å². The molecule has 0 aliphatic carbocycles. The van der Waals surface area contributed by atoms with Crippen molar-refractivity contribution in [2.24, 2.45) is 0 Å². The average Bonchev–Trinajstić information content (AvgIpc) is 2.62. The summed E-state index contributed by atoms with van der Waals surface area (Å²) >= 11 is 0. The van der Waals surface area contributed by atoms with Crippen LogP contribution in [0.2, 0.25) is 0 Å². The summed E-state index contributed by atoms with van der Waals surface area (Å²) in [5, 5.41) is 5.32. The van der Waals surface area contributed by atoms with Crippen molar-refractivity contribution in [3.63, 3.8) is 0 Å². The molecule has 1 heterocycles. The second kappa shape index (κ2) is 7.04. The number of esters is 1. The van der Waals surface area contributed by atoms with Gasteiger partial charge in [0.2, 0.25) is 5.91 Å². The van der Waals surface area contributed by atoms with Gasteiger partial charge in [-0.1, -0.05) is 24.3 Å². The van der Waals surface area contributed by atoms with Crippen molar-refractivity contribution < 1.29 is 23.9 Å². The molecule has 25 heavy (non-hydrogen) atoms. The molecule has 0 saturated carbocycles. The highest BCUT2D eigenvalue weighted by atomic mass is 16.5. The molecular formula is C18H16N2O5. The molecule has 3 rings (SSSR count). The second-order valence-corrected chi connectivity index (χ2v) is 5.38. The second-order valence-electron chi connectivity index (χ2n) is 5.38. The first kappa shape index (κ1) is 16.5. The highest BCUT2D eigenvalue weighted by Crippen LogP contribution is 2.29. The minimum Gasteiger partial charge on any atom is -0.478 e. The minimum absolute atomic E-state index is 0.185. The van der Waals surface area contributed by atoms with E-state index in [-0.39, 0.29) is 12.0 Å². The first-order valence-corrected chi connectivity index (χ1v) is 7.62. The minimum atomic E-state index is -0.944. The van der Waals surface area contributed by atoms with Gasteiger partial charge in [0.25, 0.3) is 5.91 Å². The van der Waals surface area contributed by atoms with Gasteiger partial charge in [0.05, 0.1) is 30.5 Å². The van der Waals surface area contributed by atoms with Crippen molar-refractivity contribution in [3.8, 4) is 5.75 Å². The number of carbonyl (C=O) groups excluding carboxylic acids is 3. The lowest BCUT2D eigenvalue weighted by atomic mass is 10.1. The number of fused-ring (bicyclic) bond motifs is 1. The predicted molar refractivity (Wildman–Crippen MR) is 90.5 cm³/mol. The zero-order valence-corrected chi connectivity index (χ0v) is 13.4. The third kappa shape index (κ3) is 3.60. The van der Waals surface area contributed by atoms with Crippen LogP contribution in [0.5, 0.6) is 5.75 Å². The molecular weight excluding hydrogens is 324 g/mol. The van der Waals surface area contributed by atoms with E-state index in [1.54, 1.807) is 48.5 Å². The van der Waals surface area contributed by atoms with Gasteiger partial charge in [-0.2, -0.15) is 0 Å². The van der Waals surface area contributed by atoms with Gasteiger partial charge in [0.1, 0.15) is 5.75 Å². The van der Waals surface area contributed by atoms with E-state index in [0.29, 0.717) is 17.1 Å². The summed E-state index contributed by atoms with van der Waals surface area (Å²) in [6.45, 7) is 0. The highest BCUT2D eigenvalue weighted by Gasteiger charge is 2.29. The number of para-hydroxylation sites is 3. The van der Waals surface area contributed by atoms with Crippen LogP contribution >= 0.6 is 0 Å². The number of hydrogen-bond donors (Lipinski definition) is 2. The Kier molecular flexibility index (Phi) is 4.65. The van der Waals surface area contributed by atoms with E-state index < -0.39 is 23.9 Å². The van der Waals surface area contributed by atoms with Crippen molar-refractivity contribution in [2.45, 2.75) is 12.5 Å². The standard InChI is InChI=1S/C18H16N2O5/c1-24-18(23)11-6-2-3-7-12(11)19-16(21)10-15-17(22)20-13-8-4-5-9-14(13)25-15/h2-9,15H,10H2,1H3,(H,19,21)(H,20,22). The van der Waals surface area contributed by atoms with Gasteiger partial charge < -0.3 is 20.1 Å². The summed E-state index contributed by atoms with van der Waals surface area (Å²) in [6.07, 6.45) is -1.13. The SMILES string of the molecule is COC(=O)c1ccccc1NC(=O)CC1Oc2ccccc2NC1=O. The topological polar surface area (TPSA) is 93.7 Å². The third-order valence-electron chi connectivity index (χ3n) is 3.68. The number of carbonyl (C=O) groups is 3. The van der Waals surface area contributed by atoms with Crippen molar-refractivity contribution in [3.05, 3.63) is 54.1 Å². The van der Waals surface area contributed by atoms with Crippen molar-refractivity contribution in [1.82, 2.24) is 0 Å². The molecule has 2 aromatic carbocycles. The maximum absolute atomic E-state index is 12.3. The molecule has 0 aromatic heterocycles. The number of amides is 2. The fourth-order valence-corrected chi connectivity index (χ4v) is 2.48. The molecule has 7 heteroatoms. The number of nitrogens with one attached hydrogen (secondary N) is 2. The Morgan fingerprint density at radius 3 is 2.68 bits per heavy atom. The van der Waals surface area contributed by atoms with E-state index in [1.807, 2.05) is 0 Å². The van der Waals surface area contributed by atoms with Crippen LogP contribution in [-0.4, -0.2) is 31.0 Å². The Morgan fingerprint density at radius 1 is 1.16 bits per heavy atom. The summed E-state index contributed by atoms with van der Waals surface area (Å²) in [7, 11) is 1.26. The molecule has 7 nitrogen and oxygen atoms in total. The Balaban J connectivity index is 1.70. The van der Waals surface area contributed by atoms with Crippen LogP contribution in [0.1, 0.15) is 16.8 Å². The summed E-state index contributed by atoms with van der Waals surface area (Å²) in [4.78, 5) is 36.1. The Morgan fingerprint density at radius 2 is 1.88 bits per heavy atom. The molecule has 0 saturated heterocycles. The van der Waals surface area contributed by atoms with E-state index in [2.05, 4.69) is 15.4 Å². The van der Waals surface area contributed by atoms with Crippen molar-refractivity contribution >= 4 is 29.2 Å². The molecule has 128 valence electrons. The number of benzene rings is 2. The van der Waals surface area contributed by atoms with Crippen molar-refractivity contribution in [1.29, 1.82) is 0 Å². The number of ether oxygens (including phenoxy) is 2. The van der Waals surface area contributed by atoms with Gasteiger partial charge in [-0.3, -0.25) is 9.59 Å². The number of rotatable bonds is 4. The summed E-state index contributed by atoms with van der Waals surface area (Å²) in [5.74, 6) is -0.891. The van der Waals surface area contributed by atoms with Crippen LogP contribution in [0.3, 0.4) is 0 Å². The largest absolute Gasteiger partial charge is 0.478 e. The van der Waals surface area contributed by atoms with Crippen LogP contribution < -0.4 is 15.4 Å². The zero-order valence-electron chi connectivity index (χ0n) is 13.4. The summed E-state index contributed by atoms with van der Waals surface area (Å²) < 4.78 is 10.3. The molecule has 2 aromatic rings. The fraction of sp³-hybridized carbons (Fsp3) is 0.167. The van der Waals surface area contributed by atoms with Gasteiger partial charge in [-0.25, -0.2) is 4.79 Å². The molecule has 1 atom stereocenters. The van der Waals surface area contributed by atoms with Gasteiger partial charge in [-0.15, -0.1) is 0 Å². The fourth-order valence-electron chi connectivity index (χ4n) is 2.48. The monoisotopic (exact) mass is 340 g/mol. The maximum atomic E-state index is 12.3. The van der Waals surface area contributed by atoms with Gasteiger partial charge >= 0.3 is 5.97 Å². The molecule has 1 aliphatic heterocycles. The molecule has 1 unspecified atom stereocenters. The molecule has 0 spiro atoms. The lowest BCUT2D eigenvalue weighted by Crippen LogP contribution is -2.39.